The minimum absolute atomic E-state index is 0.532. The lowest BCUT2D eigenvalue weighted by Crippen LogP contribution is -2.52. The van der Waals surface area contributed by atoms with Crippen LogP contribution in [-0.2, 0) is 0 Å². The first kappa shape index (κ1) is 14.3. The molecule has 18 heavy (non-hydrogen) atoms. The number of likely N-dealkylation sites (tertiary alicyclic amines) is 1. The standard InChI is InChI=1S/C16H32N2/c1-12-8-14(10-16(3,4)9-12)17-15-6-7-18(5)11-13(15)2/h12-15,17H,6-11H2,1-5H3. The average molecular weight is 252 g/mol. The van der Waals surface area contributed by atoms with E-state index >= 15 is 0 Å². The van der Waals surface area contributed by atoms with Crippen LogP contribution in [0, 0.1) is 17.3 Å². The SMILES string of the molecule is CC1CC(NC2CCN(C)CC2C)CC(C)(C)C1. The van der Waals surface area contributed by atoms with Crippen LogP contribution in [0.3, 0.4) is 0 Å². The number of rotatable bonds is 2. The van der Waals surface area contributed by atoms with Crippen LogP contribution in [-0.4, -0.2) is 37.1 Å². The summed E-state index contributed by atoms with van der Waals surface area (Å²) in [5, 5.41) is 3.99. The van der Waals surface area contributed by atoms with Gasteiger partial charge >= 0.3 is 0 Å². The van der Waals surface area contributed by atoms with Crippen molar-refractivity contribution >= 4 is 0 Å². The van der Waals surface area contributed by atoms with Gasteiger partial charge in [-0.2, -0.15) is 0 Å². The van der Waals surface area contributed by atoms with Crippen molar-refractivity contribution in [3.8, 4) is 0 Å². The van der Waals surface area contributed by atoms with Crippen molar-refractivity contribution in [3.05, 3.63) is 0 Å². The number of hydrogen-bond donors (Lipinski definition) is 1. The van der Waals surface area contributed by atoms with Gasteiger partial charge in [0.2, 0.25) is 0 Å². The lowest BCUT2D eigenvalue weighted by atomic mass is 9.70. The highest BCUT2D eigenvalue weighted by Crippen LogP contribution is 2.39. The molecule has 0 aromatic heterocycles. The van der Waals surface area contributed by atoms with Crippen molar-refractivity contribution in [2.24, 2.45) is 17.3 Å². The lowest BCUT2D eigenvalue weighted by molar-refractivity contribution is 0.113. The van der Waals surface area contributed by atoms with E-state index in [1.165, 1.54) is 38.8 Å². The average Bonchev–Trinajstić information content (AvgIpc) is 2.19. The second-order valence-corrected chi connectivity index (χ2v) is 7.91. The van der Waals surface area contributed by atoms with Crippen molar-refractivity contribution in [3.63, 3.8) is 0 Å². The number of piperidine rings is 1. The Morgan fingerprint density at radius 2 is 1.89 bits per heavy atom. The molecule has 1 heterocycles. The van der Waals surface area contributed by atoms with E-state index in [4.69, 9.17) is 0 Å². The molecular formula is C16H32N2. The van der Waals surface area contributed by atoms with Gasteiger partial charge in [-0.05, 0) is 56.5 Å². The van der Waals surface area contributed by atoms with Crippen molar-refractivity contribution < 1.29 is 0 Å². The molecule has 0 amide bonds. The van der Waals surface area contributed by atoms with Gasteiger partial charge in [0.15, 0.2) is 0 Å². The lowest BCUT2D eigenvalue weighted by Gasteiger charge is -2.43. The number of nitrogens with one attached hydrogen (secondary N) is 1. The second kappa shape index (κ2) is 5.50. The Bertz CT molecular complexity index is 274. The van der Waals surface area contributed by atoms with Gasteiger partial charge in [0, 0.05) is 18.6 Å². The fourth-order valence-electron chi connectivity index (χ4n) is 4.38. The highest BCUT2D eigenvalue weighted by Gasteiger charge is 2.34. The Balaban J connectivity index is 1.89. The summed E-state index contributed by atoms with van der Waals surface area (Å²) < 4.78 is 0. The third kappa shape index (κ3) is 3.71. The third-order valence-electron chi connectivity index (χ3n) is 4.95. The zero-order valence-electron chi connectivity index (χ0n) is 13.0. The predicted molar refractivity (Wildman–Crippen MR) is 78.8 cm³/mol. The Hall–Kier alpha value is -0.0800. The van der Waals surface area contributed by atoms with Gasteiger partial charge in [0.25, 0.3) is 0 Å². The van der Waals surface area contributed by atoms with E-state index in [1.807, 2.05) is 0 Å². The van der Waals surface area contributed by atoms with Crippen molar-refractivity contribution in [2.45, 2.75) is 65.5 Å². The molecule has 4 unspecified atom stereocenters. The van der Waals surface area contributed by atoms with E-state index < -0.39 is 0 Å². The van der Waals surface area contributed by atoms with E-state index in [0.29, 0.717) is 5.41 Å². The Labute approximate surface area is 114 Å². The maximum atomic E-state index is 3.99. The van der Waals surface area contributed by atoms with Gasteiger partial charge in [-0.15, -0.1) is 0 Å². The van der Waals surface area contributed by atoms with Crippen molar-refractivity contribution in [1.82, 2.24) is 10.2 Å². The normalized spacial score (nSPS) is 41.8. The predicted octanol–water partition coefficient (Wildman–Crippen LogP) is 3.13. The molecule has 0 spiro atoms. The highest BCUT2D eigenvalue weighted by molar-refractivity contribution is 4.90. The van der Waals surface area contributed by atoms with Crippen LogP contribution in [0.5, 0.6) is 0 Å². The van der Waals surface area contributed by atoms with Crippen LogP contribution in [0.25, 0.3) is 0 Å². The summed E-state index contributed by atoms with van der Waals surface area (Å²) in [4.78, 5) is 2.47. The smallest absolute Gasteiger partial charge is 0.0120 e. The molecule has 2 fully saturated rings. The molecule has 0 aromatic rings. The maximum absolute atomic E-state index is 3.99. The summed E-state index contributed by atoms with van der Waals surface area (Å²) in [7, 11) is 2.25. The summed E-state index contributed by atoms with van der Waals surface area (Å²) >= 11 is 0. The maximum Gasteiger partial charge on any atom is 0.0120 e. The molecule has 1 aliphatic heterocycles. The van der Waals surface area contributed by atoms with Gasteiger partial charge in [0.1, 0.15) is 0 Å². The quantitative estimate of drug-likeness (QED) is 0.812. The minimum atomic E-state index is 0.532. The molecule has 0 aromatic carbocycles. The van der Waals surface area contributed by atoms with E-state index in [0.717, 1.165) is 23.9 Å². The molecule has 0 bridgehead atoms. The first-order valence-corrected chi connectivity index (χ1v) is 7.80. The Kier molecular flexibility index (Phi) is 4.38. The first-order chi connectivity index (χ1) is 8.35. The summed E-state index contributed by atoms with van der Waals surface area (Å²) in [5.41, 5.74) is 0.532. The van der Waals surface area contributed by atoms with Gasteiger partial charge in [-0.1, -0.05) is 27.7 Å². The molecular weight excluding hydrogens is 220 g/mol. The Morgan fingerprint density at radius 1 is 1.17 bits per heavy atom. The van der Waals surface area contributed by atoms with E-state index in [-0.39, 0.29) is 0 Å². The van der Waals surface area contributed by atoms with Crippen molar-refractivity contribution in [2.75, 3.05) is 20.1 Å². The molecule has 2 nitrogen and oxygen atoms in total. The van der Waals surface area contributed by atoms with Gasteiger partial charge in [-0.25, -0.2) is 0 Å². The summed E-state index contributed by atoms with van der Waals surface area (Å²) in [6.45, 7) is 12.2. The van der Waals surface area contributed by atoms with Crippen LogP contribution in [0.15, 0.2) is 0 Å². The van der Waals surface area contributed by atoms with Crippen LogP contribution >= 0.6 is 0 Å². The zero-order chi connectivity index (χ0) is 13.3. The molecule has 1 saturated heterocycles. The summed E-state index contributed by atoms with van der Waals surface area (Å²) in [6, 6.07) is 1.49. The summed E-state index contributed by atoms with van der Waals surface area (Å²) in [5.74, 6) is 1.68. The van der Waals surface area contributed by atoms with Crippen molar-refractivity contribution in [1.29, 1.82) is 0 Å². The topological polar surface area (TPSA) is 15.3 Å². The van der Waals surface area contributed by atoms with E-state index in [2.05, 4.69) is 45.0 Å². The van der Waals surface area contributed by atoms with Gasteiger partial charge in [0.05, 0.1) is 0 Å². The van der Waals surface area contributed by atoms with Gasteiger partial charge < -0.3 is 10.2 Å². The minimum Gasteiger partial charge on any atom is -0.311 e. The molecule has 2 rings (SSSR count). The largest absolute Gasteiger partial charge is 0.311 e. The third-order valence-corrected chi connectivity index (χ3v) is 4.95. The van der Waals surface area contributed by atoms with E-state index in [1.54, 1.807) is 0 Å². The Morgan fingerprint density at radius 3 is 2.50 bits per heavy atom. The van der Waals surface area contributed by atoms with Crippen LogP contribution in [0.4, 0.5) is 0 Å². The van der Waals surface area contributed by atoms with Crippen LogP contribution in [0.1, 0.15) is 53.4 Å². The molecule has 4 atom stereocenters. The molecule has 1 saturated carbocycles. The fraction of sp³-hybridized carbons (Fsp3) is 1.00. The molecule has 0 radical (unpaired) electrons. The summed E-state index contributed by atoms with van der Waals surface area (Å²) in [6.07, 6.45) is 5.45. The van der Waals surface area contributed by atoms with Gasteiger partial charge in [-0.3, -0.25) is 0 Å². The van der Waals surface area contributed by atoms with Crippen LogP contribution in [0.2, 0.25) is 0 Å². The first-order valence-electron chi connectivity index (χ1n) is 7.80. The number of nitrogens with zero attached hydrogens (tertiary/aromatic N) is 1. The van der Waals surface area contributed by atoms with Crippen LogP contribution < -0.4 is 5.32 Å². The second-order valence-electron chi connectivity index (χ2n) is 7.91. The molecule has 2 heteroatoms. The van der Waals surface area contributed by atoms with E-state index in [9.17, 15) is 0 Å². The number of hydrogen-bond acceptors (Lipinski definition) is 2. The fourth-order valence-corrected chi connectivity index (χ4v) is 4.38. The molecule has 2 aliphatic rings. The monoisotopic (exact) mass is 252 g/mol. The molecule has 1 aliphatic carbocycles. The molecule has 1 N–H and O–H groups in total. The molecule has 106 valence electrons. The highest BCUT2D eigenvalue weighted by atomic mass is 15.1. The zero-order valence-corrected chi connectivity index (χ0v) is 13.0.